The lowest BCUT2D eigenvalue weighted by Gasteiger charge is -2.15. The standard InChI is InChI=1S/C20H24N2/c1-14-8-7-11-19(14)22-20(17-9-5-4-6-10-17)18-12-15(2)16(3)21-13-18/h4-6,9-10,12-14,19H,7-8,11H2,1-3H3. The van der Waals surface area contributed by atoms with Gasteiger partial charge in [-0.3, -0.25) is 9.98 Å². The van der Waals surface area contributed by atoms with Crippen molar-refractivity contribution in [1.29, 1.82) is 0 Å². The van der Waals surface area contributed by atoms with Crippen LogP contribution in [0.2, 0.25) is 0 Å². The van der Waals surface area contributed by atoms with E-state index in [0.717, 1.165) is 17.0 Å². The topological polar surface area (TPSA) is 25.2 Å². The molecule has 3 rings (SSSR count). The smallest absolute Gasteiger partial charge is 0.0738 e. The highest BCUT2D eigenvalue weighted by Gasteiger charge is 2.23. The first kappa shape index (κ1) is 15.0. The summed E-state index contributed by atoms with van der Waals surface area (Å²) in [6.45, 7) is 6.49. The molecule has 1 aliphatic carbocycles. The molecule has 1 heterocycles. The van der Waals surface area contributed by atoms with E-state index in [2.05, 4.69) is 62.2 Å². The van der Waals surface area contributed by atoms with Gasteiger partial charge in [-0.15, -0.1) is 0 Å². The normalized spacial score (nSPS) is 22.0. The Morgan fingerprint density at radius 2 is 1.86 bits per heavy atom. The number of aryl methyl sites for hydroxylation is 2. The van der Waals surface area contributed by atoms with E-state index >= 15 is 0 Å². The van der Waals surface area contributed by atoms with Crippen molar-refractivity contribution < 1.29 is 0 Å². The van der Waals surface area contributed by atoms with Crippen LogP contribution < -0.4 is 0 Å². The fraction of sp³-hybridized carbons (Fsp3) is 0.400. The summed E-state index contributed by atoms with van der Waals surface area (Å²) in [5.41, 5.74) is 5.72. The van der Waals surface area contributed by atoms with Crippen LogP contribution in [0, 0.1) is 19.8 Å². The van der Waals surface area contributed by atoms with E-state index in [1.54, 1.807) is 0 Å². The molecule has 1 aromatic heterocycles. The van der Waals surface area contributed by atoms with Crippen LogP contribution in [0.15, 0.2) is 47.6 Å². The minimum absolute atomic E-state index is 0.441. The molecule has 1 aliphatic rings. The third-order valence-corrected chi connectivity index (χ3v) is 4.77. The van der Waals surface area contributed by atoms with Crippen molar-refractivity contribution in [2.45, 2.75) is 46.1 Å². The molecule has 2 atom stereocenters. The molecule has 1 saturated carbocycles. The van der Waals surface area contributed by atoms with Crippen LogP contribution in [0.25, 0.3) is 0 Å². The molecule has 1 fully saturated rings. The summed E-state index contributed by atoms with van der Waals surface area (Å²) >= 11 is 0. The zero-order valence-electron chi connectivity index (χ0n) is 13.7. The number of aromatic nitrogens is 1. The van der Waals surface area contributed by atoms with Gasteiger partial charge in [0.15, 0.2) is 0 Å². The van der Waals surface area contributed by atoms with Gasteiger partial charge in [0.05, 0.1) is 11.8 Å². The number of benzene rings is 1. The highest BCUT2D eigenvalue weighted by molar-refractivity contribution is 6.12. The Morgan fingerprint density at radius 1 is 1.09 bits per heavy atom. The van der Waals surface area contributed by atoms with Gasteiger partial charge < -0.3 is 0 Å². The molecule has 22 heavy (non-hydrogen) atoms. The Morgan fingerprint density at radius 3 is 2.50 bits per heavy atom. The molecule has 2 nitrogen and oxygen atoms in total. The summed E-state index contributed by atoms with van der Waals surface area (Å²) in [6, 6.07) is 13.2. The van der Waals surface area contributed by atoms with Crippen LogP contribution in [0.3, 0.4) is 0 Å². The third-order valence-electron chi connectivity index (χ3n) is 4.77. The predicted molar refractivity (Wildman–Crippen MR) is 92.6 cm³/mol. The number of hydrogen-bond donors (Lipinski definition) is 0. The van der Waals surface area contributed by atoms with Gasteiger partial charge in [-0.05, 0) is 44.2 Å². The molecule has 2 aromatic rings. The van der Waals surface area contributed by atoms with Crippen LogP contribution in [0.5, 0.6) is 0 Å². The molecule has 1 aromatic carbocycles. The number of aliphatic imine (C=N–C) groups is 1. The van der Waals surface area contributed by atoms with Gasteiger partial charge in [-0.1, -0.05) is 43.7 Å². The maximum atomic E-state index is 5.14. The molecule has 114 valence electrons. The maximum absolute atomic E-state index is 5.14. The summed E-state index contributed by atoms with van der Waals surface area (Å²) in [4.78, 5) is 9.68. The van der Waals surface area contributed by atoms with Crippen molar-refractivity contribution in [3.63, 3.8) is 0 Å². The minimum atomic E-state index is 0.441. The lowest BCUT2D eigenvalue weighted by atomic mass is 10.00. The Hall–Kier alpha value is -1.96. The largest absolute Gasteiger partial charge is 0.280 e. The van der Waals surface area contributed by atoms with Gasteiger partial charge in [-0.2, -0.15) is 0 Å². The number of nitrogens with zero attached hydrogens (tertiary/aromatic N) is 2. The number of hydrogen-bond acceptors (Lipinski definition) is 2. The maximum Gasteiger partial charge on any atom is 0.0738 e. The summed E-state index contributed by atoms with van der Waals surface area (Å²) in [6.07, 6.45) is 5.76. The molecule has 0 spiro atoms. The second-order valence-electron chi connectivity index (χ2n) is 6.45. The van der Waals surface area contributed by atoms with Crippen molar-refractivity contribution in [2.75, 3.05) is 0 Å². The summed E-state index contributed by atoms with van der Waals surface area (Å²) in [7, 11) is 0. The second-order valence-corrected chi connectivity index (χ2v) is 6.45. The lowest BCUT2D eigenvalue weighted by Crippen LogP contribution is -2.14. The first-order valence-electron chi connectivity index (χ1n) is 8.22. The zero-order chi connectivity index (χ0) is 15.5. The molecule has 0 amide bonds. The van der Waals surface area contributed by atoms with Crippen LogP contribution in [-0.2, 0) is 0 Å². The fourth-order valence-corrected chi connectivity index (χ4v) is 3.17. The van der Waals surface area contributed by atoms with E-state index in [1.807, 2.05) is 6.20 Å². The van der Waals surface area contributed by atoms with Crippen LogP contribution >= 0.6 is 0 Å². The quantitative estimate of drug-likeness (QED) is 0.751. The Kier molecular flexibility index (Phi) is 4.37. The first-order valence-corrected chi connectivity index (χ1v) is 8.22. The Bertz CT molecular complexity index is 673. The second kappa shape index (κ2) is 6.43. The third kappa shape index (κ3) is 3.11. The molecule has 0 bridgehead atoms. The number of pyridine rings is 1. The summed E-state index contributed by atoms with van der Waals surface area (Å²) < 4.78 is 0. The van der Waals surface area contributed by atoms with Gasteiger partial charge in [0, 0.05) is 23.0 Å². The SMILES string of the molecule is Cc1cc(C(=NC2CCCC2C)c2ccccc2)cnc1C. The Labute approximate surface area is 133 Å². The molecular formula is C20H24N2. The monoisotopic (exact) mass is 292 g/mol. The molecule has 0 N–H and O–H groups in total. The van der Waals surface area contributed by atoms with E-state index in [1.165, 1.54) is 30.4 Å². The van der Waals surface area contributed by atoms with E-state index < -0.39 is 0 Å². The average molecular weight is 292 g/mol. The molecule has 2 heteroatoms. The van der Waals surface area contributed by atoms with Crippen molar-refractivity contribution in [2.24, 2.45) is 10.9 Å². The van der Waals surface area contributed by atoms with Crippen molar-refractivity contribution in [1.82, 2.24) is 4.98 Å². The molecule has 2 unspecified atom stereocenters. The summed E-state index contributed by atoms with van der Waals surface area (Å²) in [5, 5.41) is 0. The van der Waals surface area contributed by atoms with Gasteiger partial charge in [-0.25, -0.2) is 0 Å². The van der Waals surface area contributed by atoms with Gasteiger partial charge in [0.2, 0.25) is 0 Å². The molecule has 0 aliphatic heterocycles. The van der Waals surface area contributed by atoms with E-state index in [0.29, 0.717) is 12.0 Å². The van der Waals surface area contributed by atoms with E-state index in [9.17, 15) is 0 Å². The minimum Gasteiger partial charge on any atom is -0.280 e. The van der Waals surface area contributed by atoms with Crippen LogP contribution in [0.1, 0.15) is 48.6 Å². The van der Waals surface area contributed by atoms with Gasteiger partial charge >= 0.3 is 0 Å². The van der Waals surface area contributed by atoms with Gasteiger partial charge in [0.25, 0.3) is 0 Å². The lowest BCUT2D eigenvalue weighted by molar-refractivity contribution is 0.530. The summed E-state index contributed by atoms with van der Waals surface area (Å²) in [5.74, 6) is 0.679. The van der Waals surface area contributed by atoms with Crippen molar-refractivity contribution in [3.8, 4) is 0 Å². The highest BCUT2D eigenvalue weighted by Crippen LogP contribution is 2.29. The zero-order valence-corrected chi connectivity index (χ0v) is 13.7. The van der Waals surface area contributed by atoms with Crippen molar-refractivity contribution in [3.05, 3.63) is 65.0 Å². The van der Waals surface area contributed by atoms with E-state index in [4.69, 9.17) is 4.99 Å². The highest BCUT2D eigenvalue weighted by atomic mass is 14.8. The predicted octanol–water partition coefficient (Wildman–Crippen LogP) is 4.72. The molecular weight excluding hydrogens is 268 g/mol. The van der Waals surface area contributed by atoms with E-state index in [-0.39, 0.29) is 0 Å². The fourth-order valence-electron chi connectivity index (χ4n) is 3.17. The van der Waals surface area contributed by atoms with Crippen LogP contribution in [-0.4, -0.2) is 16.7 Å². The first-order chi connectivity index (χ1) is 10.6. The number of rotatable bonds is 3. The molecule has 0 saturated heterocycles. The van der Waals surface area contributed by atoms with Gasteiger partial charge in [0.1, 0.15) is 0 Å². The Balaban J connectivity index is 2.06. The molecule has 0 radical (unpaired) electrons. The average Bonchev–Trinajstić information content (AvgIpc) is 2.94. The van der Waals surface area contributed by atoms with Crippen LogP contribution in [0.4, 0.5) is 0 Å². The van der Waals surface area contributed by atoms with Crippen molar-refractivity contribution >= 4 is 5.71 Å².